The van der Waals surface area contributed by atoms with Crippen LogP contribution in [0, 0.1) is 0 Å². The number of ether oxygens (including phenoxy) is 1. The van der Waals surface area contributed by atoms with Crippen molar-refractivity contribution < 1.29 is 14.3 Å². The monoisotopic (exact) mass is 381 g/mol. The Morgan fingerprint density at radius 3 is 2.54 bits per heavy atom. The topological polar surface area (TPSA) is 78.9 Å². The molecule has 0 unspecified atom stereocenters. The maximum Gasteiger partial charge on any atom is 0.409 e. The Morgan fingerprint density at radius 1 is 1.04 bits per heavy atom. The number of anilines is 2. The molecular formula is C20H23N5O3. The Bertz CT molecular complexity index is 862. The summed E-state index contributed by atoms with van der Waals surface area (Å²) in [4.78, 5) is 38.9. The van der Waals surface area contributed by atoms with Gasteiger partial charge in [-0.25, -0.2) is 14.8 Å². The van der Waals surface area contributed by atoms with Crippen molar-refractivity contribution in [2.45, 2.75) is 13.3 Å². The van der Waals surface area contributed by atoms with Crippen LogP contribution in [0.25, 0.3) is 0 Å². The number of carbonyl (C=O) groups excluding carboxylic acids is 2. The summed E-state index contributed by atoms with van der Waals surface area (Å²) < 4.78 is 5.04. The first-order chi connectivity index (χ1) is 13.7. The van der Waals surface area contributed by atoms with Crippen LogP contribution in [-0.2, 0) is 11.2 Å². The third-order valence-electron chi connectivity index (χ3n) is 5.12. The third-order valence-corrected chi connectivity index (χ3v) is 5.12. The van der Waals surface area contributed by atoms with Crippen molar-refractivity contribution in [1.82, 2.24) is 14.9 Å². The molecule has 0 bridgehead atoms. The van der Waals surface area contributed by atoms with E-state index in [1.807, 2.05) is 24.3 Å². The largest absolute Gasteiger partial charge is 0.450 e. The summed E-state index contributed by atoms with van der Waals surface area (Å²) in [6.07, 6.45) is 3.75. The first-order valence-electron chi connectivity index (χ1n) is 9.56. The number of fused-ring (bicyclic) bond motifs is 1. The predicted molar refractivity (Wildman–Crippen MR) is 105 cm³/mol. The molecule has 3 heterocycles. The van der Waals surface area contributed by atoms with Gasteiger partial charge in [-0.15, -0.1) is 0 Å². The summed E-state index contributed by atoms with van der Waals surface area (Å²) in [6, 6.07) is 7.94. The maximum absolute atomic E-state index is 12.8. The van der Waals surface area contributed by atoms with Gasteiger partial charge in [-0.1, -0.05) is 18.2 Å². The Kier molecular flexibility index (Phi) is 5.10. The molecule has 0 aliphatic carbocycles. The van der Waals surface area contributed by atoms with E-state index in [-0.39, 0.29) is 12.0 Å². The molecule has 0 atom stereocenters. The van der Waals surface area contributed by atoms with Crippen molar-refractivity contribution in [3.63, 3.8) is 0 Å². The Balaban J connectivity index is 1.40. The first kappa shape index (κ1) is 18.2. The van der Waals surface area contributed by atoms with E-state index in [1.165, 1.54) is 11.8 Å². The number of hydrogen-bond donors (Lipinski definition) is 0. The van der Waals surface area contributed by atoms with Gasteiger partial charge in [0.2, 0.25) is 0 Å². The van der Waals surface area contributed by atoms with Crippen LogP contribution in [0.4, 0.5) is 16.3 Å². The molecule has 1 fully saturated rings. The van der Waals surface area contributed by atoms with Gasteiger partial charge in [0.25, 0.3) is 5.91 Å². The zero-order valence-electron chi connectivity index (χ0n) is 15.9. The van der Waals surface area contributed by atoms with Crippen molar-refractivity contribution in [2.24, 2.45) is 0 Å². The summed E-state index contributed by atoms with van der Waals surface area (Å²) in [5.41, 5.74) is 2.47. The Hall–Kier alpha value is -3.16. The van der Waals surface area contributed by atoms with Crippen LogP contribution in [0.2, 0.25) is 0 Å². The summed E-state index contributed by atoms with van der Waals surface area (Å²) in [5, 5.41) is 0. The molecule has 2 aliphatic heterocycles. The van der Waals surface area contributed by atoms with E-state index < -0.39 is 0 Å². The molecule has 1 saturated heterocycles. The fraction of sp³-hybridized carbons (Fsp3) is 0.400. The fourth-order valence-electron chi connectivity index (χ4n) is 3.62. The Labute approximate surface area is 163 Å². The standard InChI is InChI=1S/C20H23N5O3/c1-2-28-20(27)24-11-9-23(10-12-24)18-14-21-16(13-22-18)19(26)25-8-7-15-5-3-4-6-17(15)25/h3-6,13-14H,2,7-12H2,1H3. The van der Waals surface area contributed by atoms with E-state index in [4.69, 9.17) is 4.74 Å². The minimum atomic E-state index is -0.278. The third kappa shape index (κ3) is 3.49. The molecule has 0 N–H and O–H groups in total. The van der Waals surface area contributed by atoms with Crippen LogP contribution >= 0.6 is 0 Å². The molecule has 8 nitrogen and oxygen atoms in total. The molecule has 28 heavy (non-hydrogen) atoms. The van der Waals surface area contributed by atoms with Crippen LogP contribution in [0.5, 0.6) is 0 Å². The average Bonchev–Trinajstić information content (AvgIpc) is 3.18. The number of nitrogens with zero attached hydrogens (tertiary/aromatic N) is 5. The number of rotatable bonds is 3. The second-order valence-corrected chi connectivity index (χ2v) is 6.77. The predicted octanol–water partition coefficient (Wildman–Crippen LogP) is 1.96. The minimum Gasteiger partial charge on any atom is -0.450 e. The lowest BCUT2D eigenvalue weighted by atomic mass is 10.2. The molecule has 0 radical (unpaired) electrons. The highest BCUT2D eigenvalue weighted by Gasteiger charge is 2.27. The van der Waals surface area contributed by atoms with Crippen molar-refractivity contribution in [3.05, 3.63) is 47.9 Å². The molecule has 146 valence electrons. The highest BCUT2D eigenvalue weighted by atomic mass is 16.6. The van der Waals surface area contributed by atoms with E-state index >= 15 is 0 Å². The van der Waals surface area contributed by atoms with Gasteiger partial charge in [0.05, 0.1) is 19.0 Å². The molecule has 2 aliphatic rings. The molecule has 2 amide bonds. The van der Waals surface area contributed by atoms with Gasteiger partial charge in [0.1, 0.15) is 11.5 Å². The van der Waals surface area contributed by atoms with Crippen LogP contribution in [0.3, 0.4) is 0 Å². The van der Waals surface area contributed by atoms with Crippen molar-refractivity contribution in [2.75, 3.05) is 49.1 Å². The second-order valence-electron chi connectivity index (χ2n) is 6.77. The molecule has 0 spiro atoms. The van der Waals surface area contributed by atoms with Crippen molar-refractivity contribution in [1.29, 1.82) is 0 Å². The quantitative estimate of drug-likeness (QED) is 0.809. The number of para-hydroxylation sites is 1. The lowest BCUT2D eigenvalue weighted by Gasteiger charge is -2.34. The van der Waals surface area contributed by atoms with Crippen LogP contribution in [-0.4, -0.2) is 66.2 Å². The van der Waals surface area contributed by atoms with Gasteiger partial charge in [0, 0.05) is 38.4 Å². The number of piperazine rings is 1. The number of hydrogen-bond acceptors (Lipinski definition) is 6. The normalized spacial score (nSPS) is 16.1. The molecule has 1 aromatic carbocycles. The molecule has 4 rings (SSSR count). The van der Waals surface area contributed by atoms with Gasteiger partial charge >= 0.3 is 6.09 Å². The van der Waals surface area contributed by atoms with Crippen LogP contribution in [0.1, 0.15) is 23.0 Å². The van der Waals surface area contributed by atoms with Gasteiger partial charge in [-0.05, 0) is 25.0 Å². The van der Waals surface area contributed by atoms with E-state index in [9.17, 15) is 9.59 Å². The Morgan fingerprint density at radius 2 is 1.82 bits per heavy atom. The van der Waals surface area contributed by atoms with Crippen LogP contribution in [0.15, 0.2) is 36.7 Å². The summed E-state index contributed by atoms with van der Waals surface area (Å²) in [7, 11) is 0. The smallest absolute Gasteiger partial charge is 0.409 e. The fourth-order valence-corrected chi connectivity index (χ4v) is 3.62. The molecular weight excluding hydrogens is 358 g/mol. The number of carbonyl (C=O) groups is 2. The lowest BCUT2D eigenvalue weighted by molar-refractivity contribution is 0.0982. The molecule has 0 saturated carbocycles. The van der Waals surface area contributed by atoms with E-state index in [0.717, 1.165) is 12.1 Å². The van der Waals surface area contributed by atoms with Crippen LogP contribution < -0.4 is 9.80 Å². The summed E-state index contributed by atoms with van der Waals surface area (Å²) >= 11 is 0. The molecule has 8 heteroatoms. The highest BCUT2D eigenvalue weighted by Crippen LogP contribution is 2.28. The second kappa shape index (κ2) is 7.84. The number of aromatic nitrogens is 2. The van der Waals surface area contributed by atoms with Crippen molar-refractivity contribution in [3.8, 4) is 0 Å². The van der Waals surface area contributed by atoms with E-state index in [2.05, 4.69) is 14.9 Å². The SMILES string of the molecule is CCOC(=O)N1CCN(c2cnc(C(=O)N3CCc4ccccc43)cn2)CC1. The summed E-state index contributed by atoms with van der Waals surface area (Å²) in [6.45, 7) is 5.30. The molecule has 2 aromatic rings. The van der Waals surface area contributed by atoms with E-state index in [1.54, 1.807) is 22.9 Å². The zero-order chi connectivity index (χ0) is 19.5. The van der Waals surface area contributed by atoms with Gasteiger partial charge in [0.15, 0.2) is 0 Å². The number of amides is 2. The summed E-state index contributed by atoms with van der Waals surface area (Å²) in [5.74, 6) is 0.581. The highest BCUT2D eigenvalue weighted by molar-refractivity contribution is 6.05. The number of benzene rings is 1. The maximum atomic E-state index is 12.8. The zero-order valence-corrected chi connectivity index (χ0v) is 15.9. The lowest BCUT2D eigenvalue weighted by Crippen LogP contribution is -2.49. The van der Waals surface area contributed by atoms with Gasteiger partial charge in [-0.2, -0.15) is 0 Å². The molecule has 1 aromatic heterocycles. The van der Waals surface area contributed by atoms with Gasteiger partial charge in [-0.3, -0.25) is 4.79 Å². The van der Waals surface area contributed by atoms with Crippen molar-refractivity contribution >= 4 is 23.5 Å². The minimum absolute atomic E-state index is 0.129. The average molecular weight is 381 g/mol. The van der Waals surface area contributed by atoms with Gasteiger partial charge < -0.3 is 19.4 Å². The first-order valence-corrected chi connectivity index (χ1v) is 9.56. The van der Waals surface area contributed by atoms with E-state index in [0.29, 0.717) is 50.8 Å².